The molecule has 0 saturated heterocycles. The summed E-state index contributed by atoms with van der Waals surface area (Å²) in [7, 11) is -1.97. The first-order chi connectivity index (χ1) is 8.10. The lowest BCUT2D eigenvalue weighted by Gasteiger charge is -2.06. The summed E-state index contributed by atoms with van der Waals surface area (Å²) >= 11 is 0. The molecule has 5 nitrogen and oxygen atoms in total. The summed E-state index contributed by atoms with van der Waals surface area (Å²) in [6.07, 6.45) is 0.605. The van der Waals surface area contributed by atoms with Gasteiger partial charge in [0, 0.05) is 20.3 Å². The summed E-state index contributed by atoms with van der Waals surface area (Å²) in [6.45, 7) is 0.813. The molecule has 1 rings (SSSR count). The van der Waals surface area contributed by atoms with Gasteiger partial charge in [0.2, 0.25) is 10.0 Å². The molecule has 0 aromatic heterocycles. The molecular weight excluding hydrogens is 240 g/mol. The molecule has 0 amide bonds. The third-order valence-corrected chi connectivity index (χ3v) is 3.55. The third kappa shape index (κ3) is 4.15. The molecule has 1 aromatic carbocycles. The molecular formula is C11H14N2O3S. The number of sulfonamides is 1. The zero-order chi connectivity index (χ0) is 12.7. The standard InChI is InChI=1S/C11H14N2O3S/c1-16-7-3-6-13-17(14,15)11-5-2-4-10(8-11)9-12/h2,4-5,8,13H,3,6-7H2,1H3. The fourth-order valence-corrected chi connectivity index (χ4v) is 2.36. The van der Waals surface area contributed by atoms with Crippen LogP contribution >= 0.6 is 0 Å². The van der Waals surface area contributed by atoms with Crippen LogP contribution < -0.4 is 4.72 Å². The second kappa shape index (κ2) is 6.35. The number of methoxy groups -OCH3 is 1. The Morgan fingerprint density at radius 1 is 1.47 bits per heavy atom. The van der Waals surface area contributed by atoms with Crippen molar-refractivity contribution in [1.29, 1.82) is 5.26 Å². The van der Waals surface area contributed by atoms with Crippen molar-refractivity contribution >= 4 is 10.0 Å². The average Bonchev–Trinajstić information content (AvgIpc) is 2.35. The average molecular weight is 254 g/mol. The lowest BCUT2D eigenvalue weighted by molar-refractivity contribution is 0.196. The summed E-state index contributed by atoms with van der Waals surface area (Å²) in [5, 5.41) is 8.69. The minimum Gasteiger partial charge on any atom is -0.385 e. The first-order valence-electron chi connectivity index (χ1n) is 5.09. The Morgan fingerprint density at radius 2 is 2.24 bits per heavy atom. The van der Waals surface area contributed by atoms with Crippen LogP contribution in [0.25, 0.3) is 0 Å². The lowest BCUT2D eigenvalue weighted by atomic mass is 10.2. The van der Waals surface area contributed by atoms with Crippen LogP contribution in [-0.4, -0.2) is 28.7 Å². The molecule has 17 heavy (non-hydrogen) atoms. The van der Waals surface area contributed by atoms with Crippen molar-refractivity contribution in [2.75, 3.05) is 20.3 Å². The maximum Gasteiger partial charge on any atom is 0.240 e. The van der Waals surface area contributed by atoms with Gasteiger partial charge in [-0.15, -0.1) is 0 Å². The van der Waals surface area contributed by atoms with Gasteiger partial charge in [-0.05, 0) is 24.6 Å². The Labute approximate surface area is 101 Å². The zero-order valence-electron chi connectivity index (χ0n) is 9.51. The van der Waals surface area contributed by atoms with Gasteiger partial charge < -0.3 is 4.74 Å². The molecule has 0 spiro atoms. The van der Waals surface area contributed by atoms with Crippen molar-refractivity contribution in [2.45, 2.75) is 11.3 Å². The number of nitriles is 1. The Balaban J connectivity index is 2.73. The minimum atomic E-state index is -3.53. The number of hydrogen-bond donors (Lipinski definition) is 1. The number of nitrogens with one attached hydrogen (secondary N) is 1. The fourth-order valence-electron chi connectivity index (χ4n) is 1.24. The molecule has 0 radical (unpaired) electrons. The van der Waals surface area contributed by atoms with Crippen LogP contribution in [0.2, 0.25) is 0 Å². The van der Waals surface area contributed by atoms with Gasteiger partial charge in [0.05, 0.1) is 16.5 Å². The van der Waals surface area contributed by atoms with Crippen molar-refractivity contribution in [1.82, 2.24) is 4.72 Å². The molecule has 92 valence electrons. The molecule has 0 bridgehead atoms. The van der Waals surface area contributed by atoms with Gasteiger partial charge in [-0.25, -0.2) is 13.1 Å². The number of nitrogens with zero attached hydrogens (tertiary/aromatic N) is 1. The molecule has 0 aliphatic carbocycles. The maximum atomic E-state index is 11.8. The number of benzene rings is 1. The molecule has 1 aromatic rings. The quantitative estimate of drug-likeness (QED) is 0.764. The van der Waals surface area contributed by atoms with Crippen LogP contribution in [0.1, 0.15) is 12.0 Å². The Bertz CT molecular complexity index is 506. The Morgan fingerprint density at radius 3 is 2.88 bits per heavy atom. The van der Waals surface area contributed by atoms with E-state index in [4.69, 9.17) is 10.00 Å². The molecule has 0 atom stereocenters. The predicted octanol–water partition coefficient (Wildman–Crippen LogP) is 0.873. The van der Waals surface area contributed by atoms with Crippen LogP contribution in [0.5, 0.6) is 0 Å². The monoisotopic (exact) mass is 254 g/mol. The van der Waals surface area contributed by atoms with E-state index in [0.717, 1.165) is 0 Å². The van der Waals surface area contributed by atoms with Crippen molar-refractivity contribution in [3.63, 3.8) is 0 Å². The summed E-state index contributed by atoms with van der Waals surface area (Å²) in [4.78, 5) is 0.106. The van der Waals surface area contributed by atoms with E-state index in [1.165, 1.54) is 12.1 Å². The smallest absolute Gasteiger partial charge is 0.240 e. The maximum absolute atomic E-state index is 11.8. The highest BCUT2D eigenvalue weighted by molar-refractivity contribution is 7.89. The van der Waals surface area contributed by atoms with Gasteiger partial charge in [0.1, 0.15) is 0 Å². The van der Waals surface area contributed by atoms with Crippen LogP contribution in [0.15, 0.2) is 29.2 Å². The van der Waals surface area contributed by atoms with E-state index < -0.39 is 10.0 Å². The first kappa shape index (κ1) is 13.6. The van der Waals surface area contributed by atoms with Crippen molar-refractivity contribution in [2.24, 2.45) is 0 Å². The van der Waals surface area contributed by atoms with Gasteiger partial charge in [0.25, 0.3) is 0 Å². The second-order valence-electron chi connectivity index (χ2n) is 3.38. The molecule has 0 unspecified atom stereocenters. The van der Waals surface area contributed by atoms with E-state index in [9.17, 15) is 8.42 Å². The number of rotatable bonds is 6. The highest BCUT2D eigenvalue weighted by Gasteiger charge is 2.13. The Kier molecular flexibility index (Phi) is 5.10. The summed E-state index contributed by atoms with van der Waals surface area (Å²) in [5.74, 6) is 0. The van der Waals surface area contributed by atoms with Gasteiger partial charge >= 0.3 is 0 Å². The SMILES string of the molecule is COCCCNS(=O)(=O)c1cccc(C#N)c1. The van der Waals surface area contributed by atoms with Gasteiger partial charge in [-0.3, -0.25) is 0 Å². The number of hydrogen-bond acceptors (Lipinski definition) is 4. The van der Waals surface area contributed by atoms with Gasteiger partial charge in [-0.2, -0.15) is 5.26 Å². The molecule has 6 heteroatoms. The second-order valence-corrected chi connectivity index (χ2v) is 5.15. The van der Waals surface area contributed by atoms with Gasteiger partial charge in [0.15, 0.2) is 0 Å². The van der Waals surface area contributed by atoms with E-state index in [2.05, 4.69) is 4.72 Å². The minimum absolute atomic E-state index is 0.106. The summed E-state index contributed by atoms with van der Waals surface area (Å²) in [6, 6.07) is 7.81. The van der Waals surface area contributed by atoms with Crippen molar-refractivity contribution < 1.29 is 13.2 Å². The number of ether oxygens (including phenoxy) is 1. The third-order valence-electron chi connectivity index (χ3n) is 2.09. The fraction of sp³-hybridized carbons (Fsp3) is 0.364. The van der Waals surface area contributed by atoms with Crippen LogP contribution in [0.3, 0.4) is 0 Å². The van der Waals surface area contributed by atoms with E-state index in [0.29, 0.717) is 25.1 Å². The highest BCUT2D eigenvalue weighted by Crippen LogP contribution is 2.10. The molecule has 0 fully saturated rings. The molecule has 0 aliphatic rings. The van der Waals surface area contributed by atoms with Gasteiger partial charge in [-0.1, -0.05) is 6.07 Å². The summed E-state index contributed by atoms with van der Waals surface area (Å²) in [5.41, 5.74) is 0.324. The lowest BCUT2D eigenvalue weighted by Crippen LogP contribution is -2.25. The van der Waals surface area contributed by atoms with Crippen LogP contribution in [0, 0.1) is 11.3 Å². The highest BCUT2D eigenvalue weighted by atomic mass is 32.2. The first-order valence-corrected chi connectivity index (χ1v) is 6.57. The largest absolute Gasteiger partial charge is 0.385 e. The van der Waals surface area contributed by atoms with Crippen molar-refractivity contribution in [3.05, 3.63) is 29.8 Å². The van der Waals surface area contributed by atoms with E-state index >= 15 is 0 Å². The topological polar surface area (TPSA) is 79.2 Å². The molecule has 0 aliphatic heterocycles. The van der Waals surface area contributed by atoms with E-state index in [1.807, 2.05) is 6.07 Å². The predicted molar refractivity (Wildman–Crippen MR) is 62.8 cm³/mol. The van der Waals surface area contributed by atoms with E-state index in [-0.39, 0.29) is 4.90 Å². The van der Waals surface area contributed by atoms with E-state index in [1.54, 1.807) is 19.2 Å². The van der Waals surface area contributed by atoms with Crippen LogP contribution in [0.4, 0.5) is 0 Å². The molecule has 1 N–H and O–H groups in total. The normalized spacial score (nSPS) is 11.1. The Hall–Kier alpha value is -1.42. The van der Waals surface area contributed by atoms with Crippen molar-refractivity contribution in [3.8, 4) is 6.07 Å². The molecule has 0 saturated carbocycles. The molecule has 0 heterocycles. The van der Waals surface area contributed by atoms with Crippen LogP contribution in [-0.2, 0) is 14.8 Å². The summed E-state index contributed by atoms with van der Waals surface area (Å²) < 4.78 is 30.9. The zero-order valence-corrected chi connectivity index (χ0v) is 10.3.